The Morgan fingerprint density at radius 3 is 2.67 bits per heavy atom. The summed E-state index contributed by atoms with van der Waals surface area (Å²) in [5, 5.41) is 11.2. The van der Waals surface area contributed by atoms with Crippen molar-refractivity contribution in [2.45, 2.75) is 37.4 Å². The van der Waals surface area contributed by atoms with E-state index in [2.05, 4.69) is 24.5 Å². The van der Waals surface area contributed by atoms with Crippen LogP contribution in [0, 0.1) is 13.8 Å². The third-order valence-corrected chi connectivity index (χ3v) is 7.92. The number of aliphatic hydroxyl groups is 1. The van der Waals surface area contributed by atoms with Crippen LogP contribution in [0.2, 0.25) is 0 Å². The van der Waals surface area contributed by atoms with Gasteiger partial charge in [-0.3, -0.25) is 4.79 Å². The first-order valence-corrected chi connectivity index (χ1v) is 11.6. The van der Waals surface area contributed by atoms with Crippen LogP contribution in [0.1, 0.15) is 39.0 Å². The van der Waals surface area contributed by atoms with Crippen LogP contribution in [0.3, 0.4) is 0 Å². The molecule has 1 N–H and O–H groups in total. The number of amidine groups is 1. The van der Waals surface area contributed by atoms with Crippen LogP contribution in [0.15, 0.2) is 35.3 Å². The van der Waals surface area contributed by atoms with Gasteiger partial charge in [0.05, 0.1) is 5.69 Å². The van der Waals surface area contributed by atoms with Crippen molar-refractivity contribution in [1.82, 2.24) is 0 Å². The Morgan fingerprint density at radius 1 is 1.11 bits per heavy atom. The molecule has 0 spiro atoms. The molecular weight excluding hydrogens is 356 g/mol. The minimum Gasteiger partial charge on any atom is -0.374 e. The number of fused-ring (bicyclic) bond motifs is 3. The van der Waals surface area contributed by atoms with E-state index in [1.807, 2.05) is 30.9 Å². The average molecular weight is 381 g/mol. The van der Waals surface area contributed by atoms with Crippen LogP contribution in [0.5, 0.6) is 0 Å². The number of carbonyl (C=O) groups excluding carboxylic acids is 1. The first-order valence-electron chi connectivity index (χ1n) is 9.42. The molecule has 2 atom stereocenters. The lowest BCUT2D eigenvalue weighted by Crippen LogP contribution is -2.48. The molecule has 4 nitrogen and oxygen atoms in total. The highest BCUT2D eigenvalue weighted by Crippen LogP contribution is 2.44. The average Bonchev–Trinajstić information content (AvgIpc) is 3.16. The number of benzene rings is 2. The maximum absolute atomic E-state index is 13.1. The lowest BCUT2D eigenvalue weighted by molar-refractivity contribution is 0.0602. The third-order valence-electron chi connectivity index (χ3n) is 6.16. The van der Waals surface area contributed by atoms with Gasteiger partial charge < -0.3 is 10.0 Å². The molecule has 0 aliphatic carbocycles. The van der Waals surface area contributed by atoms with Gasteiger partial charge in [-0.05, 0) is 66.6 Å². The Bertz CT molecular complexity index is 1030. The van der Waals surface area contributed by atoms with Crippen molar-refractivity contribution < 1.29 is 9.90 Å². The number of anilines is 1. The van der Waals surface area contributed by atoms with E-state index < -0.39 is 5.60 Å². The molecule has 140 valence electrons. The molecule has 5 heteroatoms. The van der Waals surface area contributed by atoms with Crippen molar-refractivity contribution in [3.63, 3.8) is 0 Å². The van der Waals surface area contributed by atoms with E-state index in [4.69, 9.17) is 4.99 Å². The maximum atomic E-state index is 13.1. The molecule has 2 aromatic rings. The Morgan fingerprint density at radius 2 is 1.85 bits per heavy atom. The number of nitrogens with zero attached hydrogens (tertiary/aromatic N) is 2. The van der Waals surface area contributed by atoms with Crippen molar-refractivity contribution in [2.24, 2.45) is 4.99 Å². The zero-order chi connectivity index (χ0) is 18.9. The highest BCUT2D eigenvalue weighted by molar-refractivity contribution is 8.15. The molecule has 2 aromatic carbocycles. The molecule has 27 heavy (non-hydrogen) atoms. The SMILES string of the molecule is Cc1cc2c(cc1C)C(=O)[C@]1(O)CCN(c3ccc4c(c3)C[SH](C)C4)C1=N2. The van der Waals surface area contributed by atoms with E-state index >= 15 is 0 Å². The molecule has 1 unspecified atom stereocenters. The summed E-state index contributed by atoms with van der Waals surface area (Å²) in [6, 6.07) is 10.4. The Kier molecular flexibility index (Phi) is 3.59. The zero-order valence-corrected chi connectivity index (χ0v) is 16.8. The van der Waals surface area contributed by atoms with Gasteiger partial charge >= 0.3 is 0 Å². The van der Waals surface area contributed by atoms with Gasteiger partial charge in [-0.15, -0.1) is 0 Å². The van der Waals surface area contributed by atoms with Gasteiger partial charge in [0, 0.05) is 35.7 Å². The van der Waals surface area contributed by atoms with Gasteiger partial charge in [-0.25, -0.2) is 15.9 Å². The van der Waals surface area contributed by atoms with E-state index in [0.717, 1.165) is 22.6 Å². The number of rotatable bonds is 1. The normalized spacial score (nSPS) is 27.3. The fourth-order valence-corrected chi connectivity index (χ4v) is 6.34. The minimum atomic E-state index is -1.51. The van der Waals surface area contributed by atoms with E-state index in [1.54, 1.807) is 0 Å². The standard InChI is InChI=1S/C22H24N2O2S/c1-13-8-18-19(9-14(13)2)23-21-22(26,20(18)25)6-7-24(21)17-5-4-15-11-27(3)12-16(15)10-17/h4-5,8-10,26-27H,6-7,11-12H2,1-3H3/t22-/m1/s1. The quantitative estimate of drug-likeness (QED) is 0.740. The molecule has 3 heterocycles. The number of hydrogen-bond donors (Lipinski definition) is 2. The summed E-state index contributed by atoms with van der Waals surface area (Å²) >= 11 is 0. The van der Waals surface area contributed by atoms with Crippen LogP contribution >= 0.6 is 10.9 Å². The van der Waals surface area contributed by atoms with Gasteiger partial charge in [0.25, 0.3) is 0 Å². The lowest BCUT2D eigenvalue weighted by Gasteiger charge is -2.30. The van der Waals surface area contributed by atoms with Crippen molar-refractivity contribution >= 4 is 33.9 Å². The predicted molar refractivity (Wildman–Crippen MR) is 113 cm³/mol. The lowest BCUT2D eigenvalue weighted by atomic mass is 9.86. The number of carbonyl (C=O) groups is 1. The largest absolute Gasteiger partial charge is 0.374 e. The number of hydrogen-bond acceptors (Lipinski definition) is 4. The number of aliphatic imine (C=N–C) groups is 1. The molecule has 0 aromatic heterocycles. The number of aryl methyl sites for hydroxylation is 2. The molecular formula is C22H24N2O2S. The second-order valence-electron chi connectivity index (χ2n) is 8.11. The highest BCUT2D eigenvalue weighted by Gasteiger charge is 2.52. The molecule has 0 amide bonds. The number of Topliss-reactive ketones (excluding diaryl/α,β-unsaturated/α-hetero) is 1. The third kappa shape index (κ3) is 2.41. The summed E-state index contributed by atoms with van der Waals surface area (Å²) in [6.07, 6.45) is 2.73. The Balaban J connectivity index is 1.62. The molecule has 0 saturated carbocycles. The highest BCUT2D eigenvalue weighted by atomic mass is 32.2. The van der Waals surface area contributed by atoms with Gasteiger partial charge in [0.2, 0.25) is 5.78 Å². The van der Waals surface area contributed by atoms with E-state index in [0.29, 0.717) is 30.1 Å². The number of thiol groups is 1. The monoisotopic (exact) mass is 380 g/mol. The zero-order valence-electron chi connectivity index (χ0n) is 15.9. The molecule has 5 rings (SSSR count). The molecule has 1 fully saturated rings. The fraction of sp³-hybridized carbons (Fsp3) is 0.364. The summed E-state index contributed by atoms with van der Waals surface area (Å²) < 4.78 is 0. The minimum absolute atomic E-state index is 0.0570. The van der Waals surface area contributed by atoms with Crippen molar-refractivity contribution in [2.75, 3.05) is 17.7 Å². The van der Waals surface area contributed by atoms with Crippen LogP contribution in [0.25, 0.3) is 0 Å². The van der Waals surface area contributed by atoms with E-state index in [9.17, 15) is 9.90 Å². The van der Waals surface area contributed by atoms with Gasteiger partial charge in [0.15, 0.2) is 5.60 Å². The van der Waals surface area contributed by atoms with Crippen LogP contribution < -0.4 is 4.90 Å². The van der Waals surface area contributed by atoms with Crippen molar-refractivity contribution in [3.05, 3.63) is 58.1 Å². The van der Waals surface area contributed by atoms with Crippen molar-refractivity contribution in [1.29, 1.82) is 0 Å². The fourth-order valence-electron chi connectivity index (χ4n) is 4.47. The first kappa shape index (κ1) is 17.0. The molecule has 1 saturated heterocycles. The van der Waals surface area contributed by atoms with Gasteiger partial charge in [-0.2, -0.15) is 0 Å². The van der Waals surface area contributed by atoms with Crippen LogP contribution in [0.4, 0.5) is 11.4 Å². The molecule has 3 aliphatic heterocycles. The molecule has 3 aliphatic rings. The van der Waals surface area contributed by atoms with Gasteiger partial charge in [0.1, 0.15) is 5.84 Å². The smallest absolute Gasteiger partial charge is 0.204 e. The Labute approximate surface area is 162 Å². The van der Waals surface area contributed by atoms with Crippen LogP contribution in [-0.2, 0) is 11.5 Å². The number of ketones is 1. The second kappa shape index (κ2) is 5.69. The van der Waals surface area contributed by atoms with Crippen LogP contribution in [-0.4, -0.2) is 35.1 Å². The topological polar surface area (TPSA) is 52.9 Å². The summed E-state index contributed by atoms with van der Waals surface area (Å²) in [5.74, 6) is 2.62. The van der Waals surface area contributed by atoms with E-state index in [-0.39, 0.29) is 16.7 Å². The summed E-state index contributed by atoms with van der Waals surface area (Å²) in [5.41, 5.74) is 5.75. The molecule has 0 bridgehead atoms. The summed E-state index contributed by atoms with van der Waals surface area (Å²) in [7, 11) is 0.0570. The second-order valence-corrected chi connectivity index (χ2v) is 10.4. The summed E-state index contributed by atoms with van der Waals surface area (Å²) in [4.78, 5) is 19.9. The Hall–Kier alpha value is -2.11. The maximum Gasteiger partial charge on any atom is 0.204 e. The first-order chi connectivity index (χ1) is 12.9. The van der Waals surface area contributed by atoms with E-state index in [1.165, 1.54) is 16.9 Å². The van der Waals surface area contributed by atoms with Gasteiger partial charge in [-0.1, -0.05) is 6.07 Å². The summed E-state index contributed by atoms with van der Waals surface area (Å²) in [6.45, 7) is 4.61. The predicted octanol–water partition coefficient (Wildman–Crippen LogP) is 3.82. The van der Waals surface area contributed by atoms with Crippen molar-refractivity contribution in [3.8, 4) is 0 Å². The molecule has 0 radical (unpaired) electrons.